The SMILES string of the molecule is C[C@]12CC[C@@H]3c4ccc(C(=O)NCC(=O)O)cc4CC[C@H]3[C@@H]1CC[C@@H]2c1cncc(F)c1. The predicted molar refractivity (Wildman–Crippen MR) is 118 cm³/mol. The standard InChI is InChI=1S/C26H29FN2O3/c1-26-9-8-20-19-4-3-16(25(32)29-14-24(30)31)10-15(19)2-5-21(20)23(26)7-6-22(26)17-11-18(27)13-28-12-17/h3-4,10-13,20-23H,2,5-9,14H2,1H3,(H,29,32)(H,30,31)/t20-,21-,22-,23+,26-/m1/s1. The molecule has 1 aromatic heterocycles. The molecule has 0 radical (unpaired) electrons. The second-order valence-corrected chi connectivity index (χ2v) is 10.0. The smallest absolute Gasteiger partial charge is 0.322 e. The number of nitrogens with zero attached hydrogens (tertiary/aromatic N) is 1. The minimum atomic E-state index is -1.05. The second kappa shape index (κ2) is 7.98. The van der Waals surface area contributed by atoms with E-state index in [0.29, 0.717) is 29.2 Å². The molecular weight excluding hydrogens is 407 g/mol. The van der Waals surface area contributed by atoms with E-state index in [0.717, 1.165) is 37.7 Å². The van der Waals surface area contributed by atoms with Crippen LogP contribution in [0.2, 0.25) is 0 Å². The van der Waals surface area contributed by atoms with Gasteiger partial charge in [0.1, 0.15) is 12.4 Å². The number of carboxylic acid groups (broad SMARTS) is 1. The van der Waals surface area contributed by atoms with Crippen LogP contribution in [-0.4, -0.2) is 28.5 Å². The maximum atomic E-state index is 13.9. The molecule has 2 aromatic rings. The predicted octanol–water partition coefficient (Wildman–Crippen LogP) is 4.68. The highest BCUT2D eigenvalue weighted by Crippen LogP contribution is 2.65. The molecule has 168 valence electrons. The summed E-state index contributed by atoms with van der Waals surface area (Å²) in [7, 11) is 0. The molecule has 1 heterocycles. The fraction of sp³-hybridized carbons (Fsp3) is 0.500. The van der Waals surface area contributed by atoms with Crippen LogP contribution >= 0.6 is 0 Å². The van der Waals surface area contributed by atoms with E-state index in [2.05, 4.69) is 23.3 Å². The maximum Gasteiger partial charge on any atom is 0.322 e. The highest BCUT2D eigenvalue weighted by molar-refractivity contribution is 5.96. The van der Waals surface area contributed by atoms with Gasteiger partial charge in [-0.15, -0.1) is 0 Å². The van der Waals surface area contributed by atoms with Gasteiger partial charge in [-0.1, -0.05) is 13.0 Å². The molecule has 3 aliphatic carbocycles. The molecule has 2 fully saturated rings. The van der Waals surface area contributed by atoms with Crippen LogP contribution in [-0.2, 0) is 11.2 Å². The lowest BCUT2D eigenvalue weighted by Gasteiger charge is -2.51. The molecule has 0 saturated heterocycles. The molecule has 1 amide bonds. The highest BCUT2D eigenvalue weighted by atomic mass is 19.1. The second-order valence-electron chi connectivity index (χ2n) is 10.0. The van der Waals surface area contributed by atoms with Crippen LogP contribution in [0, 0.1) is 23.1 Å². The average molecular weight is 437 g/mol. The number of carbonyl (C=O) groups excluding carboxylic acids is 1. The summed E-state index contributed by atoms with van der Waals surface area (Å²) >= 11 is 0. The lowest BCUT2D eigenvalue weighted by atomic mass is 9.53. The molecular formula is C26H29FN2O3. The first kappa shape index (κ1) is 21.1. The molecule has 2 N–H and O–H groups in total. The van der Waals surface area contributed by atoms with E-state index >= 15 is 0 Å². The Balaban J connectivity index is 1.37. The van der Waals surface area contributed by atoms with Gasteiger partial charge in [-0.05, 0) is 103 Å². The molecule has 2 saturated carbocycles. The average Bonchev–Trinajstić information content (AvgIpc) is 3.14. The van der Waals surface area contributed by atoms with Crippen molar-refractivity contribution >= 4 is 11.9 Å². The van der Waals surface area contributed by atoms with Crippen molar-refractivity contribution in [2.75, 3.05) is 6.54 Å². The van der Waals surface area contributed by atoms with Crippen molar-refractivity contribution in [2.24, 2.45) is 17.3 Å². The molecule has 0 spiro atoms. The summed E-state index contributed by atoms with van der Waals surface area (Å²) < 4.78 is 13.9. The lowest BCUT2D eigenvalue weighted by Crippen LogP contribution is -2.41. The number of amides is 1. The number of pyridine rings is 1. The Hall–Kier alpha value is -2.76. The number of carbonyl (C=O) groups is 2. The Morgan fingerprint density at radius 1 is 1.19 bits per heavy atom. The zero-order chi connectivity index (χ0) is 22.5. The summed E-state index contributed by atoms with van der Waals surface area (Å²) in [5, 5.41) is 11.2. The van der Waals surface area contributed by atoms with Gasteiger partial charge in [0.15, 0.2) is 0 Å². The monoisotopic (exact) mass is 436 g/mol. The topological polar surface area (TPSA) is 79.3 Å². The molecule has 6 heteroatoms. The Morgan fingerprint density at radius 2 is 2.03 bits per heavy atom. The fourth-order valence-electron chi connectivity index (χ4n) is 7.15. The summed E-state index contributed by atoms with van der Waals surface area (Å²) in [6.07, 6.45) is 9.65. The number of benzene rings is 1. The van der Waals surface area contributed by atoms with Gasteiger partial charge in [-0.2, -0.15) is 0 Å². The van der Waals surface area contributed by atoms with Gasteiger partial charge in [0.2, 0.25) is 0 Å². The Bertz CT molecular complexity index is 1070. The largest absolute Gasteiger partial charge is 0.480 e. The third kappa shape index (κ3) is 3.50. The number of carboxylic acids is 1. The minimum Gasteiger partial charge on any atom is -0.480 e. The van der Waals surface area contributed by atoms with Crippen LogP contribution in [0.25, 0.3) is 0 Å². The van der Waals surface area contributed by atoms with Crippen molar-refractivity contribution in [3.05, 3.63) is 64.7 Å². The van der Waals surface area contributed by atoms with Crippen molar-refractivity contribution in [2.45, 2.75) is 57.3 Å². The summed E-state index contributed by atoms with van der Waals surface area (Å²) in [6.45, 7) is 2.03. The molecule has 0 aliphatic heterocycles. The number of aryl methyl sites for hydroxylation is 1. The van der Waals surface area contributed by atoms with Crippen LogP contribution in [0.4, 0.5) is 4.39 Å². The van der Waals surface area contributed by atoms with Crippen LogP contribution in [0.15, 0.2) is 36.7 Å². The molecule has 32 heavy (non-hydrogen) atoms. The number of nitrogens with one attached hydrogen (secondary N) is 1. The third-order valence-electron chi connectivity index (χ3n) is 8.52. The summed E-state index contributed by atoms with van der Waals surface area (Å²) in [5.74, 6) is 0.443. The van der Waals surface area contributed by atoms with Gasteiger partial charge in [0, 0.05) is 11.8 Å². The van der Waals surface area contributed by atoms with Crippen molar-refractivity contribution in [1.82, 2.24) is 10.3 Å². The summed E-state index contributed by atoms with van der Waals surface area (Å²) in [6, 6.07) is 7.55. The molecule has 3 aliphatic rings. The van der Waals surface area contributed by atoms with Gasteiger partial charge in [-0.3, -0.25) is 14.6 Å². The molecule has 1 aromatic carbocycles. The number of aromatic nitrogens is 1. The van der Waals surface area contributed by atoms with Gasteiger partial charge in [0.05, 0.1) is 6.20 Å². The number of rotatable bonds is 4. The van der Waals surface area contributed by atoms with E-state index < -0.39 is 5.97 Å². The lowest BCUT2D eigenvalue weighted by molar-refractivity contribution is -0.135. The van der Waals surface area contributed by atoms with Crippen LogP contribution in [0.5, 0.6) is 0 Å². The van der Waals surface area contributed by atoms with Crippen molar-refractivity contribution in [3.8, 4) is 0 Å². The van der Waals surface area contributed by atoms with E-state index in [4.69, 9.17) is 5.11 Å². The molecule has 0 bridgehead atoms. The molecule has 5 nitrogen and oxygen atoms in total. The Kier molecular flexibility index (Phi) is 5.26. The van der Waals surface area contributed by atoms with E-state index in [1.165, 1.54) is 23.7 Å². The molecule has 5 atom stereocenters. The van der Waals surface area contributed by atoms with Gasteiger partial charge in [0.25, 0.3) is 5.91 Å². The van der Waals surface area contributed by atoms with Gasteiger partial charge >= 0.3 is 5.97 Å². The first-order chi connectivity index (χ1) is 15.4. The Morgan fingerprint density at radius 3 is 2.81 bits per heavy atom. The number of fused-ring (bicyclic) bond motifs is 5. The number of aliphatic carboxylic acids is 1. The first-order valence-corrected chi connectivity index (χ1v) is 11.6. The maximum absolute atomic E-state index is 13.9. The normalized spacial score (nSPS) is 30.7. The minimum absolute atomic E-state index is 0.171. The number of hydrogen-bond donors (Lipinski definition) is 2. The van der Waals surface area contributed by atoms with E-state index in [9.17, 15) is 14.0 Å². The zero-order valence-corrected chi connectivity index (χ0v) is 18.3. The van der Waals surface area contributed by atoms with Gasteiger partial charge < -0.3 is 10.4 Å². The van der Waals surface area contributed by atoms with Crippen LogP contribution in [0.1, 0.15) is 77.9 Å². The third-order valence-corrected chi connectivity index (χ3v) is 8.52. The number of hydrogen-bond acceptors (Lipinski definition) is 3. The Labute approximate surface area is 187 Å². The fourth-order valence-corrected chi connectivity index (χ4v) is 7.15. The van der Waals surface area contributed by atoms with Crippen molar-refractivity contribution in [3.63, 3.8) is 0 Å². The molecule has 5 rings (SSSR count). The first-order valence-electron chi connectivity index (χ1n) is 11.6. The quantitative estimate of drug-likeness (QED) is 0.730. The van der Waals surface area contributed by atoms with Crippen molar-refractivity contribution < 1.29 is 19.1 Å². The van der Waals surface area contributed by atoms with E-state index in [-0.39, 0.29) is 23.7 Å². The summed E-state index contributed by atoms with van der Waals surface area (Å²) in [5.41, 5.74) is 4.33. The molecule has 0 unspecified atom stereocenters. The summed E-state index contributed by atoms with van der Waals surface area (Å²) in [4.78, 5) is 27.1. The highest BCUT2D eigenvalue weighted by Gasteiger charge is 2.55. The van der Waals surface area contributed by atoms with E-state index in [1.54, 1.807) is 6.07 Å². The van der Waals surface area contributed by atoms with Crippen LogP contribution < -0.4 is 5.32 Å². The zero-order valence-electron chi connectivity index (χ0n) is 18.3. The van der Waals surface area contributed by atoms with Crippen LogP contribution in [0.3, 0.4) is 0 Å². The van der Waals surface area contributed by atoms with E-state index in [1.807, 2.05) is 18.3 Å². The van der Waals surface area contributed by atoms with Gasteiger partial charge in [-0.25, -0.2) is 4.39 Å². The van der Waals surface area contributed by atoms with Crippen molar-refractivity contribution in [1.29, 1.82) is 0 Å². The number of halogens is 1.